The zero-order valence-corrected chi connectivity index (χ0v) is 20.4. The molecule has 4 heterocycles. The van der Waals surface area contributed by atoms with E-state index in [1.807, 2.05) is 61.5 Å². The lowest BCUT2D eigenvalue weighted by atomic mass is 9.57. The predicted octanol–water partition coefficient (Wildman–Crippen LogP) is 4.66. The highest BCUT2D eigenvalue weighted by molar-refractivity contribution is 6.35. The van der Waals surface area contributed by atoms with Gasteiger partial charge in [0.05, 0.1) is 16.6 Å². The minimum absolute atomic E-state index is 0.115. The summed E-state index contributed by atoms with van der Waals surface area (Å²) in [6.07, 6.45) is 1.57. The molecule has 4 aliphatic rings. The molecule has 2 fully saturated rings. The second-order valence-corrected chi connectivity index (χ2v) is 10.7. The highest BCUT2D eigenvalue weighted by Gasteiger charge is 2.81. The van der Waals surface area contributed by atoms with Crippen LogP contribution in [-0.4, -0.2) is 35.1 Å². The van der Waals surface area contributed by atoms with Gasteiger partial charge in [-0.1, -0.05) is 66.2 Å². The van der Waals surface area contributed by atoms with Crippen LogP contribution in [0.25, 0.3) is 0 Å². The highest BCUT2D eigenvalue weighted by Crippen LogP contribution is 2.68. The van der Waals surface area contributed by atoms with Gasteiger partial charge in [-0.05, 0) is 49.6 Å². The van der Waals surface area contributed by atoms with E-state index in [9.17, 15) is 14.4 Å². The number of rotatable bonds is 2. The Bertz CT molecular complexity index is 1490. The molecule has 180 valence electrons. The molecule has 2 amide bonds. The number of carbonyl (C=O) groups excluding carboxylic acids is 3. The standard InChI is InChI=1S/C29H24ClN3O3/c1-16-14-19-24(20(30)15-16)32-27(36)29(19)28(18-10-5-6-11-21(18)31-26(28)35)23(22-12-7-13-33(22)29)25(34)17-8-3-2-4-9-17/h2-6,8-11,14-15,22-23H,7,12-13H2,1H3,(H,31,35)(H,32,36)/t22-,23+,28+,29+/m1/s1. The molecule has 2 N–H and O–H groups in total. The molecule has 6 nitrogen and oxygen atoms in total. The summed E-state index contributed by atoms with van der Waals surface area (Å²) in [7, 11) is 0. The number of para-hydroxylation sites is 1. The van der Waals surface area contributed by atoms with Crippen molar-refractivity contribution in [2.24, 2.45) is 5.92 Å². The van der Waals surface area contributed by atoms with Crippen molar-refractivity contribution in [1.82, 2.24) is 4.90 Å². The number of fused-ring (bicyclic) bond motifs is 7. The van der Waals surface area contributed by atoms with Crippen molar-refractivity contribution in [3.05, 3.63) is 94.0 Å². The minimum Gasteiger partial charge on any atom is -0.325 e. The molecule has 3 aromatic rings. The molecule has 0 bridgehead atoms. The Hall–Kier alpha value is -3.48. The number of carbonyl (C=O) groups is 3. The van der Waals surface area contributed by atoms with Gasteiger partial charge in [0.2, 0.25) is 5.91 Å². The fraction of sp³-hybridized carbons (Fsp3) is 0.276. The average molecular weight is 498 g/mol. The molecule has 0 radical (unpaired) electrons. The molecule has 0 aromatic heterocycles. The molecule has 3 aromatic carbocycles. The van der Waals surface area contributed by atoms with E-state index < -0.39 is 16.9 Å². The number of Topliss-reactive ketones (excluding diaryl/α,β-unsaturated/α-hetero) is 1. The Balaban J connectivity index is 1.62. The van der Waals surface area contributed by atoms with Crippen molar-refractivity contribution in [2.75, 3.05) is 17.2 Å². The van der Waals surface area contributed by atoms with Gasteiger partial charge in [0.15, 0.2) is 5.78 Å². The number of hydrogen-bond donors (Lipinski definition) is 2. The van der Waals surface area contributed by atoms with Crippen molar-refractivity contribution >= 4 is 40.6 Å². The largest absolute Gasteiger partial charge is 0.325 e. The van der Waals surface area contributed by atoms with Gasteiger partial charge in [-0.2, -0.15) is 0 Å². The second-order valence-electron chi connectivity index (χ2n) is 10.3. The Kier molecular flexibility index (Phi) is 4.40. The summed E-state index contributed by atoms with van der Waals surface area (Å²) < 4.78 is 0. The summed E-state index contributed by atoms with van der Waals surface area (Å²) in [6.45, 7) is 2.54. The van der Waals surface area contributed by atoms with E-state index in [0.29, 0.717) is 39.6 Å². The molecule has 36 heavy (non-hydrogen) atoms. The summed E-state index contributed by atoms with van der Waals surface area (Å²) >= 11 is 6.67. The van der Waals surface area contributed by atoms with Crippen LogP contribution < -0.4 is 10.6 Å². The van der Waals surface area contributed by atoms with Crippen LogP contribution in [0.3, 0.4) is 0 Å². The van der Waals surface area contributed by atoms with Crippen LogP contribution in [0, 0.1) is 12.8 Å². The summed E-state index contributed by atoms with van der Waals surface area (Å²) in [6, 6.07) is 20.1. The maximum atomic E-state index is 14.4. The van der Waals surface area contributed by atoms with Crippen molar-refractivity contribution in [3.63, 3.8) is 0 Å². The van der Waals surface area contributed by atoms with Crippen LogP contribution in [0.2, 0.25) is 5.02 Å². The number of aryl methyl sites for hydroxylation is 1. The number of anilines is 2. The Morgan fingerprint density at radius 3 is 2.53 bits per heavy atom. The van der Waals surface area contributed by atoms with Gasteiger partial charge in [0, 0.05) is 22.9 Å². The fourth-order valence-electron chi connectivity index (χ4n) is 7.55. The van der Waals surface area contributed by atoms with E-state index in [0.717, 1.165) is 18.4 Å². The summed E-state index contributed by atoms with van der Waals surface area (Å²) in [5, 5.41) is 6.53. The van der Waals surface area contributed by atoms with Crippen molar-refractivity contribution < 1.29 is 14.4 Å². The number of nitrogens with one attached hydrogen (secondary N) is 2. The lowest BCUT2D eigenvalue weighted by Crippen LogP contribution is -2.62. The molecule has 0 aliphatic carbocycles. The second kappa shape index (κ2) is 7.28. The zero-order valence-electron chi connectivity index (χ0n) is 19.7. The lowest BCUT2D eigenvalue weighted by molar-refractivity contribution is -0.137. The first-order valence-electron chi connectivity index (χ1n) is 12.3. The maximum absolute atomic E-state index is 14.4. The first-order valence-corrected chi connectivity index (χ1v) is 12.7. The van der Waals surface area contributed by atoms with Gasteiger partial charge in [-0.25, -0.2) is 0 Å². The fourth-order valence-corrected chi connectivity index (χ4v) is 7.87. The molecule has 2 spiro atoms. The molecule has 7 rings (SSSR count). The van der Waals surface area contributed by atoms with Crippen LogP contribution in [0.15, 0.2) is 66.7 Å². The third kappa shape index (κ3) is 2.34. The number of amides is 2. The van der Waals surface area contributed by atoms with Crippen molar-refractivity contribution in [3.8, 4) is 0 Å². The molecule has 4 atom stereocenters. The van der Waals surface area contributed by atoms with Gasteiger partial charge in [0.25, 0.3) is 5.91 Å². The van der Waals surface area contributed by atoms with Gasteiger partial charge < -0.3 is 10.6 Å². The lowest BCUT2D eigenvalue weighted by Gasteiger charge is -2.43. The predicted molar refractivity (Wildman–Crippen MR) is 137 cm³/mol. The molecular formula is C29H24ClN3O3. The van der Waals surface area contributed by atoms with E-state index >= 15 is 0 Å². The first kappa shape index (κ1) is 21.8. The molecule has 0 unspecified atom stereocenters. The van der Waals surface area contributed by atoms with Crippen molar-refractivity contribution in [2.45, 2.75) is 36.8 Å². The Labute approximate surface area is 213 Å². The smallest absolute Gasteiger partial charge is 0.251 e. The van der Waals surface area contributed by atoms with E-state index in [-0.39, 0.29) is 23.6 Å². The van der Waals surface area contributed by atoms with E-state index in [1.165, 1.54) is 0 Å². The number of hydrogen-bond acceptors (Lipinski definition) is 4. The van der Waals surface area contributed by atoms with Gasteiger partial charge in [0.1, 0.15) is 11.0 Å². The number of halogens is 1. The van der Waals surface area contributed by atoms with Gasteiger partial charge in [-0.3, -0.25) is 19.3 Å². The summed E-state index contributed by atoms with van der Waals surface area (Å²) in [5.74, 6) is -1.47. The van der Waals surface area contributed by atoms with E-state index in [2.05, 4.69) is 15.5 Å². The Morgan fingerprint density at radius 2 is 1.72 bits per heavy atom. The van der Waals surface area contributed by atoms with Crippen LogP contribution >= 0.6 is 11.6 Å². The SMILES string of the molecule is Cc1cc(Cl)c2c(c1)[C@@]1(C(=O)N2)N2CCC[C@@H]2[C@@H](C(=O)c2ccccc2)[C@@]12C(=O)Nc1ccccc12. The molecule has 2 saturated heterocycles. The Morgan fingerprint density at radius 1 is 0.972 bits per heavy atom. The molecule has 4 aliphatic heterocycles. The third-order valence-electron chi connectivity index (χ3n) is 8.64. The zero-order chi connectivity index (χ0) is 24.8. The third-order valence-corrected chi connectivity index (χ3v) is 8.94. The van der Waals surface area contributed by atoms with Crippen molar-refractivity contribution in [1.29, 1.82) is 0 Å². The topological polar surface area (TPSA) is 78.5 Å². The van der Waals surface area contributed by atoms with Crippen LogP contribution in [0.1, 0.15) is 39.9 Å². The first-order chi connectivity index (χ1) is 17.4. The van der Waals surface area contributed by atoms with Gasteiger partial charge in [-0.15, -0.1) is 0 Å². The molecule has 0 saturated carbocycles. The number of benzene rings is 3. The normalized spacial score (nSPS) is 29.8. The highest BCUT2D eigenvalue weighted by atomic mass is 35.5. The average Bonchev–Trinajstić information content (AvgIpc) is 3.59. The quantitative estimate of drug-likeness (QED) is 0.505. The molecular weight excluding hydrogens is 474 g/mol. The molecule has 7 heteroatoms. The monoisotopic (exact) mass is 497 g/mol. The summed E-state index contributed by atoms with van der Waals surface area (Å²) in [5.41, 5.74) is 1.14. The maximum Gasteiger partial charge on any atom is 0.251 e. The van der Waals surface area contributed by atoms with E-state index in [1.54, 1.807) is 12.1 Å². The minimum atomic E-state index is -1.45. The van der Waals surface area contributed by atoms with Gasteiger partial charge >= 0.3 is 0 Å². The van der Waals surface area contributed by atoms with Crippen LogP contribution in [0.5, 0.6) is 0 Å². The van der Waals surface area contributed by atoms with Crippen LogP contribution in [-0.2, 0) is 20.5 Å². The van der Waals surface area contributed by atoms with Crippen LogP contribution in [0.4, 0.5) is 11.4 Å². The number of nitrogens with zero attached hydrogens (tertiary/aromatic N) is 1. The number of ketones is 1. The summed E-state index contributed by atoms with van der Waals surface area (Å²) in [4.78, 5) is 45.4. The van der Waals surface area contributed by atoms with E-state index in [4.69, 9.17) is 11.6 Å².